The molecule has 0 aliphatic heterocycles. The van der Waals surface area contributed by atoms with Crippen LogP contribution in [0.4, 0.5) is 10.2 Å². The van der Waals surface area contributed by atoms with E-state index in [4.69, 9.17) is 19.6 Å². The van der Waals surface area contributed by atoms with Crippen LogP contribution in [0.1, 0.15) is 39.2 Å². The van der Waals surface area contributed by atoms with Crippen LogP contribution in [-0.4, -0.2) is 44.0 Å². The first-order valence-electron chi connectivity index (χ1n) is 9.21. The van der Waals surface area contributed by atoms with Gasteiger partial charge in [0.1, 0.15) is 23.0 Å². The maximum absolute atomic E-state index is 14.1. The molecule has 0 aliphatic rings. The molecular formula is C19H19FN4O7S. The molecule has 3 N–H and O–H groups in total. The summed E-state index contributed by atoms with van der Waals surface area (Å²) in [6, 6.07) is 2.70. The van der Waals surface area contributed by atoms with Crippen LogP contribution in [0.3, 0.4) is 0 Å². The van der Waals surface area contributed by atoms with Crippen LogP contribution in [0.2, 0.25) is 0 Å². The smallest absolute Gasteiger partial charge is 0.342 e. The van der Waals surface area contributed by atoms with Gasteiger partial charge in [0.2, 0.25) is 15.7 Å². The molecule has 1 aromatic carbocycles. The molecule has 0 aliphatic carbocycles. The van der Waals surface area contributed by atoms with Crippen molar-refractivity contribution >= 4 is 38.9 Å². The Bertz CT molecular complexity index is 1320. The van der Waals surface area contributed by atoms with Crippen LogP contribution in [0.25, 0.3) is 11.1 Å². The molecule has 0 unspecified atom stereocenters. The minimum atomic E-state index is -3.90. The van der Waals surface area contributed by atoms with Gasteiger partial charge in [0.05, 0.1) is 22.5 Å². The van der Waals surface area contributed by atoms with Crippen LogP contribution in [0.5, 0.6) is 0 Å². The van der Waals surface area contributed by atoms with E-state index in [1.54, 1.807) is 6.92 Å². The minimum Gasteiger partial charge on any atom is -0.462 e. The second-order valence-corrected chi connectivity index (χ2v) is 8.27. The predicted molar refractivity (Wildman–Crippen MR) is 109 cm³/mol. The van der Waals surface area contributed by atoms with Gasteiger partial charge in [0.15, 0.2) is 12.4 Å². The van der Waals surface area contributed by atoms with Gasteiger partial charge in [0, 0.05) is 0 Å². The maximum Gasteiger partial charge on any atom is 0.342 e. The molecule has 13 heteroatoms. The number of furan rings is 1. The average molecular weight is 466 g/mol. The van der Waals surface area contributed by atoms with E-state index in [0.29, 0.717) is 0 Å². The summed E-state index contributed by atoms with van der Waals surface area (Å²) in [6.07, 6.45) is 0. The number of fused-ring (bicyclic) bond motifs is 1. The zero-order valence-corrected chi connectivity index (χ0v) is 18.1. The van der Waals surface area contributed by atoms with Crippen LogP contribution >= 0.6 is 0 Å². The third-order valence-corrected chi connectivity index (χ3v) is 5.76. The molecule has 11 nitrogen and oxygen atoms in total. The molecule has 2 heterocycles. The molecule has 32 heavy (non-hydrogen) atoms. The Labute approximate surface area is 181 Å². The Balaban J connectivity index is 1.86. The Morgan fingerprint density at radius 1 is 1.22 bits per heavy atom. The zero-order chi connectivity index (χ0) is 23.6. The van der Waals surface area contributed by atoms with E-state index in [2.05, 4.69) is 14.7 Å². The molecule has 0 spiro atoms. The highest BCUT2D eigenvalue weighted by Gasteiger charge is 2.25. The quantitative estimate of drug-likeness (QED) is 0.490. The van der Waals surface area contributed by atoms with Gasteiger partial charge < -0.3 is 19.6 Å². The number of esters is 2. The Morgan fingerprint density at radius 2 is 1.94 bits per heavy atom. The van der Waals surface area contributed by atoms with E-state index in [0.717, 1.165) is 18.2 Å². The molecule has 0 bridgehead atoms. The van der Waals surface area contributed by atoms with Crippen molar-refractivity contribution in [1.29, 1.82) is 0 Å². The fraction of sp³-hybridized carbons (Fsp3) is 0.263. The van der Waals surface area contributed by atoms with E-state index in [-0.39, 0.29) is 45.6 Å². The van der Waals surface area contributed by atoms with Crippen molar-refractivity contribution in [2.24, 2.45) is 0 Å². The molecule has 0 fully saturated rings. The van der Waals surface area contributed by atoms with Crippen LogP contribution in [-0.2, 0) is 26.1 Å². The molecule has 170 valence electrons. The summed E-state index contributed by atoms with van der Waals surface area (Å²) in [7, 11) is -2.72. The Kier molecular flexibility index (Phi) is 6.41. The van der Waals surface area contributed by atoms with Gasteiger partial charge in [0.25, 0.3) is 0 Å². The predicted octanol–water partition coefficient (Wildman–Crippen LogP) is 1.69. The first kappa shape index (κ1) is 23.1. The molecule has 0 radical (unpaired) electrons. The fourth-order valence-corrected chi connectivity index (χ4v) is 3.61. The molecule has 3 rings (SSSR count). The highest BCUT2D eigenvalue weighted by atomic mass is 32.2. The van der Waals surface area contributed by atoms with Crippen molar-refractivity contribution in [3.8, 4) is 0 Å². The number of nitrogens with one attached hydrogen (secondary N) is 1. The first-order valence-corrected chi connectivity index (χ1v) is 10.7. The van der Waals surface area contributed by atoms with Crippen molar-refractivity contribution in [3.05, 3.63) is 46.7 Å². The van der Waals surface area contributed by atoms with Crippen molar-refractivity contribution in [1.82, 2.24) is 14.7 Å². The van der Waals surface area contributed by atoms with Crippen molar-refractivity contribution in [2.75, 3.05) is 19.4 Å². The zero-order valence-electron chi connectivity index (χ0n) is 17.3. The molecule has 2 aromatic heterocycles. The number of nitrogens with two attached hydrogens (primary N) is 1. The number of carbonyl (C=O) groups excluding carboxylic acids is 2. The molecule has 0 atom stereocenters. The van der Waals surface area contributed by atoms with Crippen molar-refractivity contribution < 1.29 is 36.3 Å². The minimum absolute atomic E-state index is 0.0163. The van der Waals surface area contributed by atoms with E-state index in [9.17, 15) is 22.4 Å². The van der Waals surface area contributed by atoms with Gasteiger partial charge >= 0.3 is 11.9 Å². The van der Waals surface area contributed by atoms with E-state index >= 15 is 0 Å². The maximum atomic E-state index is 14.1. The van der Waals surface area contributed by atoms with Crippen molar-refractivity contribution in [3.63, 3.8) is 0 Å². The number of ether oxygens (including phenoxy) is 2. The van der Waals surface area contributed by atoms with Gasteiger partial charge in [-0.1, -0.05) is 0 Å². The normalized spacial score (nSPS) is 11.5. The largest absolute Gasteiger partial charge is 0.462 e. The van der Waals surface area contributed by atoms with Crippen LogP contribution in [0, 0.1) is 12.7 Å². The number of rotatable bonds is 7. The average Bonchev–Trinajstić information content (AvgIpc) is 3.08. The molecule has 0 amide bonds. The van der Waals surface area contributed by atoms with Gasteiger partial charge in [-0.15, -0.1) is 0 Å². The number of halogens is 1. The van der Waals surface area contributed by atoms with E-state index in [1.807, 2.05) is 0 Å². The molecule has 0 saturated carbocycles. The fourth-order valence-electron chi connectivity index (χ4n) is 2.85. The van der Waals surface area contributed by atoms with Gasteiger partial charge in [-0.05, 0) is 39.1 Å². The molecule has 3 aromatic rings. The van der Waals surface area contributed by atoms with Gasteiger partial charge in [-0.2, -0.15) is 4.98 Å². The lowest BCUT2D eigenvalue weighted by Gasteiger charge is -2.08. The highest BCUT2D eigenvalue weighted by Crippen LogP contribution is 2.29. The van der Waals surface area contributed by atoms with E-state index < -0.39 is 39.9 Å². The number of sulfonamides is 1. The lowest BCUT2D eigenvalue weighted by atomic mass is 10.2. The number of aryl methyl sites for hydroxylation is 1. The number of nitrogens with zero attached hydrogens (tertiary/aromatic N) is 2. The second kappa shape index (κ2) is 8.88. The number of anilines is 1. The summed E-state index contributed by atoms with van der Waals surface area (Å²) in [5.41, 5.74) is 5.42. The first-order chi connectivity index (χ1) is 15.1. The Morgan fingerprint density at radius 3 is 2.59 bits per heavy atom. The lowest BCUT2D eigenvalue weighted by molar-refractivity contribution is 0.0455. The number of benzene rings is 1. The number of hydrogen-bond donors (Lipinski definition) is 2. The second-order valence-electron chi connectivity index (χ2n) is 6.38. The van der Waals surface area contributed by atoms with Gasteiger partial charge in [-0.25, -0.2) is 32.1 Å². The summed E-state index contributed by atoms with van der Waals surface area (Å²) < 4.78 is 55.4. The third-order valence-electron chi connectivity index (χ3n) is 4.35. The summed E-state index contributed by atoms with van der Waals surface area (Å²) in [6.45, 7) is 2.81. The standard InChI is InChI=1S/C19H19FN4O7S/c1-4-29-19(26)14-9(2)31-17-15(14)16(21)23-13(24-17)8-30-18(25)11-7-10(5-6-12(11)20)32(27,28)22-3/h5-7,22H,4,8H2,1-3H3,(H2,21,23,24). The number of carbonyl (C=O) groups is 2. The Hall–Kier alpha value is -3.58. The topological polar surface area (TPSA) is 164 Å². The number of hydrogen-bond acceptors (Lipinski definition) is 10. The third kappa shape index (κ3) is 4.38. The highest BCUT2D eigenvalue weighted by molar-refractivity contribution is 7.89. The summed E-state index contributed by atoms with van der Waals surface area (Å²) >= 11 is 0. The van der Waals surface area contributed by atoms with Crippen LogP contribution < -0.4 is 10.5 Å². The monoisotopic (exact) mass is 466 g/mol. The molecular weight excluding hydrogens is 447 g/mol. The lowest BCUT2D eigenvalue weighted by Crippen LogP contribution is -2.19. The van der Waals surface area contributed by atoms with Gasteiger partial charge in [-0.3, -0.25) is 0 Å². The van der Waals surface area contributed by atoms with Crippen LogP contribution in [0.15, 0.2) is 27.5 Å². The number of nitrogen functional groups attached to an aromatic ring is 1. The summed E-state index contributed by atoms with van der Waals surface area (Å²) in [5, 5.41) is 0.159. The SMILES string of the molecule is CCOC(=O)c1c(C)oc2nc(COC(=O)c3cc(S(=O)(=O)NC)ccc3F)nc(N)c12. The van der Waals surface area contributed by atoms with E-state index in [1.165, 1.54) is 14.0 Å². The summed E-state index contributed by atoms with van der Waals surface area (Å²) in [5.74, 6) is -2.72. The van der Waals surface area contributed by atoms with Crippen molar-refractivity contribution in [2.45, 2.75) is 25.3 Å². The summed E-state index contributed by atoms with van der Waals surface area (Å²) in [4.78, 5) is 32.2. The molecule has 0 saturated heterocycles. The number of aromatic nitrogens is 2.